The number of nitrogens with zero attached hydrogens (tertiary/aromatic N) is 6. The predicted molar refractivity (Wildman–Crippen MR) is 179 cm³/mol. The molecule has 10 nitrogen and oxygen atoms in total. The van der Waals surface area contributed by atoms with E-state index >= 15 is 0 Å². The molecule has 13 heteroatoms. The van der Waals surface area contributed by atoms with Gasteiger partial charge in [0.1, 0.15) is 17.6 Å². The molecule has 0 bridgehead atoms. The lowest BCUT2D eigenvalue weighted by molar-refractivity contribution is 0.120. The Bertz CT molecular complexity index is 1740. The fourth-order valence-corrected chi connectivity index (χ4v) is 6.89. The van der Waals surface area contributed by atoms with Crippen LogP contribution in [0, 0.1) is 11.3 Å². The standard InChI is InChI=1S/C33H36Cl2N6O4S/c1-4-45-29-15-14-27(46(43,44)38(2)3)22-28(29)32-37-30(23-6-10-25(34)11-7-23)31(24-8-12-26(35)13-9-24)41(32)33(42)40-20-18-39(19-21-40)17-5-16-36/h6-15,22,30-31H,4-5,17-21H2,1-3H3. The van der Waals surface area contributed by atoms with Crippen LogP contribution in [0.15, 0.2) is 76.6 Å². The van der Waals surface area contributed by atoms with Gasteiger partial charge in [-0.05, 0) is 60.5 Å². The van der Waals surface area contributed by atoms with Crippen molar-refractivity contribution >= 4 is 45.1 Å². The maximum atomic E-state index is 14.7. The van der Waals surface area contributed by atoms with Gasteiger partial charge < -0.3 is 9.64 Å². The normalized spacial score (nSPS) is 18.8. The van der Waals surface area contributed by atoms with E-state index < -0.39 is 22.1 Å². The highest BCUT2D eigenvalue weighted by Gasteiger charge is 2.45. The van der Waals surface area contributed by atoms with Crippen molar-refractivity contribution < 1.29 is 17.9 Å². The highest BCUT2D eigenvalue weighted by atomic mass is 35.5. The smallest absolute Gasteiger partial charge is 0.326 e. The number of sulfonamides is 1. The Morgan fingerprint density at radius 2 is 1.59 bits per heavy atom. The highest BCUT2D eigenvalue weighted by Crippen LogP contribution is 2.45. The predicted octanol–water partition coefficient (Wildman–Crippen LogP) is 5.84. The van der Waals surface area contributed by atoms with E-state index in [1.165, 1.54) is 26.2 Å². The number of benzene rings is 3. The first-order chi connectivity index (χ1) is 22.0. The number of carbonyl (C=O) groups is 1. The molecule has 2 aliphatic heterocycles. The summed E-state index contributed by atoms with van der Waals surface area (Å²) in [6, 6.07) is 20.1. The summed E-state index contributed by atoms with van der Waals surface area (Å²) >= 11 is 12.5. The maximum Gasteiger partial charge on any atom is 0.326 e. The van der Waals surface area contributed by atoms with Gasteiger partial charge in [0, 0.05) is 63.3 Å². The van der Waals surface area contributed by atoms with Crippen LogP contribution in [0.5, 0.6) is 5.75 Å². The number of amides is 2. The number of nitriles is 1. The molecule has 46 heavy (non-hydrogen) atoms. The van der Waals surface area contributed by atoms with Crippen LogP contribution in [-0.2, 0) is 10.0 Å². The highest BCUT2D eigenvalue weighted by molar-refractivity contribution is 7.89. The summed E-state index contributed by atoms with van der Waals surface area (Å²) in [4.78, 5) is 25.6. The van der Waals surface area contributed by atoms with Crippen LogP contribution in [0.1, 0.15) is 42.1 Å². The summed E-state index contributed by atoms with van der Waals surface area (Å²) in [6.07, 6.45) is 0.421. The van der Waals surface area contributed by atoms with Gasteiger partial charge in [-0.15, -0.1) is 0 Å². The van der Waals surface area contributed by atoms with E-state index in [1.807, 2.05) is 31.2 Å². The molecule has 0 saturated carbocycles. The SMILES string of the molecule is CCOc1ccc(S(=O)(=O)N(C)C)cc1C1=NC(c2ccc(Cl)cc2)C(c2ccc(Cl)cc2)N1C(=O)N1CCN(CCC#N)CC1. The zero-order chi connectivity index (χ0) is 33.0. The lowest BCUT2D eigenvalue weighted by Gasteiger charge is -2.39. The molecule has 2 atom stereocenters. The Kier molecular flexibility index (Phi) is 10.6. The second kappa shape index (κ2) is 14.4. The molecule has 2 amide bonds. The van der Waals surface area contributed by atoms with E-state index in [9.17, 15) is 13.2 Å². The average Bonchev–Trinajstić information content (AvgIpc) is 3.45. The molecule has 2 unspecified atom stereocenters. The monoisotopic (exact) mass is 682 g/mol. The topological polar surface area (TPSA) is 110 Å². The Morgan fingerprint density at radius 1 is 0.978 bits per heavy atom. The molecule has 2 heterocycles. The van der Waals surface area contributed by atoms with Crippen LogP contribution >= 0.6 is 23.2 Å². The van der Waals surface area contributed by atoms with E-state index in [-0.39, 0.29) is 10.9 Å². The minimum absolute atomic E-state index is 0.0511. The molecule has 2 aliphatic rings. The van der Waals surface area contributed by atoms with Crippen molar-refractivity contribution in [3.8, 4) is 11.8 Å². The maximum absolute atomic E-state index is 14.7. The van der Waals surface area contributed by atoms with Gasteiger partial charge in [0.2, 0.25) is 10.0 Å². The zero-order valence-electron chi connectivity index (χ0n) is 25.9. The minimum atomic E-state index is -3.82. The summed E-state index contributed by atoms with van der Waals surface area (Å²) in [5.41, 5.74) is 2.02. The van der Waals surface area contributed by atoms with Gasteiger partial charge in [-0.2, -0.15) is 5.26 Å². The van der Waals surface area contributed by atoms with Crippen LogP contribution in [0.3, 0.4) is 0 Å². The molecule has 5 rings (SSSR count). The van der Waals surface area contributed by atoms with Gasteiger partial charge in [-0.3, -0.25) is 14.8 Å². The molecule has 0 aliphatic carbocycles. The number of rotatable bonds is 9. The third-order valence-corrected chi connectivity index (χ3v) is 10.5. The number of carbonyl (C=O) groups excluding carboxylic acids is 1. The summed E-state index contributed by atoms with van der Waals surface area (Å²) < 4.78 is 33.7. The molecule has 242 valence electrons. The third-order valence-electron chi connectivity index (χ3n) is 8.15. The largest absolute Gasteiger partial charge is 0.493 e. The van der Waals surface area contributed by atoms with Crippen LogP contribution in [0.2, 0.25) is 10.0 Å². The van der Waals surface area contributed by atoms with Crippen molar-refractivity contribution in [2.45, 2.75) is 30.3 Å². The van der Waals surface area contributed by atoms with E-state index in [2.05, 4.69) is 11.0 Å². The van der Waals surface area contributed by atoms with Crippen molar-refractivity contribution in [1.82, 2.24) is 19.0 Å². The zero-order valence-corrected chi connectivity index (χ0v) is 28.3. The summed E-state index contributed by atoms with van der Waals surface area (Å²) in [7, 11) is -0.882. The van der Waals surface area contributed by atoms with E-state index in [1.54, 1.807) is 40.1 Å². The fraction of sp³-hybridized carbons (Fsp3) is 0.364. The summed E-state index contributed by atoms with van der Waals surface area (Å²) in [5.74, 6) is 0.709. The summed E-state index contributed by atoms with van der Waals surface area (Å²) in [6.45, 7) is 4.97. The molecular weight excluding hydrogens is 647 g/mol. The number of urea groups is 1. The van der Waals surface area contributed by atoms with Crippen molar-refractivity contribution in [3.05, 3.63) is 93.5 Å². The molecule has 0 aromatic heterocycles. The Morgan fingerprint density at radius 3 is 2.15 bits per heavy atom. The number of hydrogen-bond donors (Lipinski definition) is 0. The van der Waals surface area contributed by atoms with Gasteiger partial charge in [-0.25, -0.2) is 17.5 Å². The number of hydrogen-bond acceptors (Lipinski definition) is 7. The van der Waals surface area contributed by atoms with Gasteiger partial charge in [0.25, 0.3) is 0 Å². The van der Waals surface area contributed by atoms with Gasteiger partial charge in [0.15, 0.2) is 0 Å². The first-order valence-corrected chi connectivity index (χ1v) is 17.2. The van der Waals surface area contributed by atoms with Crippen molar-refractivity contribution in [2.75, 3.05) is 53.4 Å². The van der Waals surface area contributed by atoms with Crippen LogP contribution < -0.4 is 4.74 Å². The molecule has 3 aromatic rings. The lowest BCUT2D eigenvalue weighted by Crippen LogP contribution is -2.54. The van der Waals surface area contributed by atoms with Gasteiger partial charge >= 0.3 is 6.03 Å². The van der Waals surface area contributed by atoms with Crippen molar-refractivity contribution in [2.24, 2.45) is 4.99 Å². The fourth-order valence-electron chi connectivity index (χ4n) is 5.71. The van der Waals surface area contributed by atoms with E-state index in [0.717, 1.165) is 15.4 Å². The molecule has 0 radical (unpaired) electrons. The first kappa shape index (κ1) is 33.7. The Hall–Kier alpha value is -3.66. The van der Waals surface area contributed by atoms with E-state index in [4.69, 9.17) is 38.2 Å². The molecule has 0 N–H and O–H groups in total. The van der Waals surface area contributed by atoms with Crippen molar-refractivity contribution in [3.63, 3.8) is 0 Å². The number of ether oxygens (including phenoxy) is 1. The Labute approximate surface area is 280 Å². The second-order valence-corrected chi connectivity index (χ2v) is 14.2. The van der Waals surface area contributed by atoms with Gasteiger partial charge in [-0.1, -0.05) is 47.5 Å². The second-order valence-electron chi connectivity index (χ2n) is 11.2. The van der Waals surface area contributed by atoms with Crippen LogP contribution in [-0.4, -0.2) is 92.7 Å². The number of piperazine rings is 1. The molecule has 1 fully saturated rings. The third kappa shape index (κ3) is 7.01. The minimum Gasteiger partial charge on any atom is -0.493 e. The van der Waals surface area contributed by atoms with Crippen molar-refractivity contribution in [1.29, 1.82) is 5.26 Å². The quantitative estimate of drug-likeness (QED) is 0.281. The number of aliphatic imine (C=N–C) groups is 1. The number of halogens is 2. The van der Waals surface area contributed by atoms with E-state index in [0.29, 0.717) is 72.9 Å². The average molecular weight is 684 g/mol. The van der Waals surface area contributed by atoms with Gasteiger partial charge in [0.05, 0.1) is 29.2 Å². The van der Waals surface area contributed by atoms with Crippen LogP contribution in [0.4, 0.5) is 4.79 Å². The van der Waals surface area contributed by atoms with Crippen LogP contribution in [0.25, 0.3) is 0 Å². The molecule has 3 aromatic carbocycles. The first-order valence-electron chi connectivity index (χ1n) is 15.0. The summed E-state index contributed by atoms with van der Waals surface area (Å²) in [5, 5.41) is 10.2. The lowest BCUT2D eigenvalue weighted by atomic mass is 9.93. The number of amidine groups is 1. The molecule has 1 saturated heterocycles. The molecule has 0 spiro atoms. The Balaban J connectivity index is 1.68. The molecular formula is C33H36Cl2N6O4S.